The van der Waals surface area contributed by atoms with Crippen LogP contribution >= 0.6 is 11.8 Å². The minimum absolute atomic E-state index is 0.136. The van der Waals surface area contributed by atoms with Gasteiger partial charge in [-0.1, -0.05) is 59.8 Å². The van der Waals surface area contributed by atoms with Gasteiger partial charge in [-0.05, 0) is 67.9 Å². The normalized spacial score (nSPS) is 26.0. The number of anilines is 2. The molecule has 0 amide bonds. The first kappa shape index (κ1) is 20.6. The van der Waals surface area contributed by atoms with Crippen LogP contribution in [-0.4, -0.2) is 12.3 Å². The summed E-state index contributed by atoms with van der Waals surface area (Å²) in [6.45, 7) is 0. The summed E-state index contributed by atoms with van der Waals surface area (Å²) in [4.78, 5) is 9.63. The molecule has 2 unspecified atom stereocenters. The van der Waals surface area contributed by atoms with E-state index in [1.165, 1.54) is 44.4 Å². The van der Waals surface area contributed by atoms with E-state index in [-0.39, 0.29) is 6.04 Å². The summed E-state index contributed by atoms with van der Waals surface area (Å²) >= 11 is 1.87. The second-order valence-electron chi connectivity index (χ2n) is 9.26. The third-order valence-corrected chi connectivity index (χ3v) is 8.48. The van der Waals surface area contributed by atoms with Crippen molar-refractivity contribution in [3.8, 4) is 6.07 Å². The maximum absolute atomic E-state index is 9.10. The number of rotatable bonds is 3. The number of para-hydroxylation sites is 2. The third-order valence-electron chi connectivity index (χ3n) is 7.35. The van der Waals surface area contributed by atoms with E-state index in [2.05, 4.69) is 82.7 Å². The maximum atomic E-state index is 9.10. The minimum atomic E-state index is -0.136. The Labute approximate surface area is 200 Å². The standard InChI is InChI=1S/C29H27N3S/c30-18-23-17-16-22(19-31-23)20-12-14-21(15-13-20)24-6-5-9-25(24)32-26-7-1-3-10-28(26)33-29-11-4-2-8-27(29)32/h1-8,10-12,19,21-23H,9,13-17H2/t21?,22-,23?/m1/s1. The van der Waals surface area contributed by atoms with Crippen LogP contribution in [-0.2, 0) is 0 Å². The molecule has 2 heterocycles. The molecule has 0 radical (unpaired) electrons. The first-order valence-corrected chi connectivity index (χ1v) is 12.8. The molecule has 3 nitrogen and oxygen atoms in total. The molecule has 0 saturated heterocycles. The highest BCUT2D eigenvalue weighted by Gasteiger charge is 2.31. The molecule has 4 aliphatic rings. The molecule has 2 aromatic carbocycles. The number of allylic oxidation sites excluding steroid dienone is 5. The van der Waals surface area contributed by atoms with E-state index in [0.29, 0.717) is 11.8 Å². The van der Waals surface area contributed by atoms with E-state index >= 15 is 0 Å². The zero-order chi connectivity index (χ0) is 22.2. The molecule has 6 rings (SSSR count). The van der Waals surface area contributed by atoms with Crippen LogP contribution in [0.5, 0.6) is 0 Å². The topological polar surface area (TPSA) is 39.4 Å². The molecule has 0 bridgehead atoms. The largest absolute Gasteiger partial charge is 0.311 e. The van der Waals surface area contributed by atoms with E-state index in [1.807, 2.05) is 18.0 Å². The van der Waals surface area contributed by atoms with Gasteiger partial charge in [0.25, 0.3) is 0 Å². The summed E-state index contributed by atoms with van der Waals surface area (Å²) in [5.41, 5.74) is 7.07. The molecule has 3 atom stereocenters. The number of hydrogen-bond donors (Lipinski definition) is 0. The fourth-order valence-corrected chi connectivity index (χ4v) is 6.70. The van der Waals surface area contributed by atoms with Gasteiger partial charge in [0.2, 0.25) is 0 Å². The van der Waals surface area contributed by atoms with E-state index in [9.17, 15) is 0 Å². The number of fused-ring (bicyclic) bond motifs is 2. The Bertz CT molecular complexity index is 1200. The lowest BCUT2D eigenvalue weighted by molar-refractivity contribution is 0.501. The number of aliphatic imine (C=N–C) groups is 1. The lowest BCUT2D eigenvalue weighted by atomic mass is 9.78. The molecule has 0 N–H and O–H groups in total. The fraction of sp³-hybridized carbons (Fsp3) is 0.310. The van der Waals surface area contributed by atoms with Crippen molar-refractivity contribution in [1.82, 2.24) is 0 Å². The van der Waals surface area contributed by atoms with Crippen molar-refractivity contribution in [2.45, 2.75) is 54.4 Å². The number of hydrogen-bond acceptors (Lipinski definition) is 4. The molecule has 2 aromatic rings. The third kappa shape index (κ3) is 3.75. The lowest BCUT2D eigenvalue weighted by Gasteiger charge is -2.36. The molecule has 0 spiro atoms. The molecule has 2 aliphatic heterocycles. The summed E-state index contributed by atoms with van der Waals surface area (Å²) in [5.74, 6) is 0.991. The SMILES string of the molecule is N#CC1CC[C@@H](C2=CCC(C3=C(N4c5ccccc5Sc5ccccc54)CC=C3)CC2)C=N1. The zero-order valence-electron chi connectivity index (χ0n) is 18.7. The van der Waals surface area contributed by atoms with Crippen molar-refractivity contribution < 1.29 is 0 Å². The number of nitriles is 1. The van der Waals surface area contributed by atoms with Gasteiger partial charge >= 0.3 is 0 Å². The van der Waals surface area contributed by atoms with Gasteiger partial charge in [0.05, 0.1) is 17.4 Å². The van der Waals surface area contributed by atoms with Gasteiger partial charge in [-0.3, -0.25) is 4.99 Å². The van der Waals surface area contributed by atoms with Crippen LogP contribution in [0.1, 0.15) is 38.5 Å². The predicted octanol–water partition coefficient (Wildman–Crippen LogP) is 7.60. The highest BCUT2D eigenvalue weighted by molar-refractivity contribution is 7.99. The molecular formula is C29H27N3S. The van der Waals surface area contributed by atoms with Crippen LogP contribution in [0, 0.1) is 23.2 Å². The average Bonchev–Trinajstić information content (AvgIpc) is 3.37. The Morgan fingerprint density at radius 1 is 0.970 bits per heavy atom. The van der Waals surface area contributed by atoms with E-state index in [4.69, 9.17) is 5.26 Å². The van der Waals surface area contributed by atoms with E-state index in [0.717, 1.165) is 32.1 Å². The Morgan fingerprint density at radius 2 is 1.73 bits per heavy atom. The Kier molecular flexibility index (Phi) is 5.44. The van der Waals surface area contributed by atoms with E-state index in [1.54, 1.807) is 0 Å². The van der Waals surface area contributed by atoms with Crippen molar-refractivity contribution in [3.05, 3.63) is 83.6 Å². The molecule has 0 fully saturated rings. The monoisotopic (exact) mass is 449 g/mol. The zero-order valence-corrected chi connectivity index (χ0v) is 19.5. The second-order valence-corrected chi connectivity index (χ2v) is 10.3. The summed E-state index contributed by atoms with van der Waals surface area (Å²) in [6, 6.07) is 19.7. The van der Waals surface area contributed by atoms with Crippen LogP contribution in [0.2, 0.25) is 0 Å². The molecule has 2 aliphatic carbocycles. The quantitative estimate of drug-likeness (QED) is 0.453. The number of nitrogens with zero attached hydrogens (tertiary/aromatic N) is 3. The lowest BCUT2D eigenvalue weighted by Crippen LogP contribution is -2.23. The highest BCUT2D eigenvalue weighted by Crippen LogP contribution is 2.52. The van der Waals surface area contributed by atoms with Crippen molar-refractivity contribution in [2.75, 3.05) is 4.90 Å². The first-order chi connectivity index (χ1) is 16.3. The fourth-order valence-electron chi connectivity index (χ4n) is 5.65. The van der Waals surface area contributed by atoms with Crippen LogP contribution in [0.15, 0.2) is 98.4 Å². The van der Waals surface area contributed by atoms with Gasteiger partial charge in [-0.2, -0.15) is 5.26 Å². The van der Waals surface area contributed by atoms with Gasteiger partial charge < -0.3 is 4.90 Å². The first-order valence-electron chi connectivity index (χ1n) is 12.0. The van der Waals surface area contributed by atoms with Crippen LogP contribution in [0.25, 0.3) is 0 Å². The highest BCUT2D eigenvalue weighted by atomic mass is 32.2. The molecule has 4 heteroatoms. The molecular weight excluding hydrogens is 422 g/mol. The summed E-state index contributed by atoms with van der Waals surface area (Å²) in [7, 11) is 0. The van der Waals surface area contributed by atoms with Crippen LogP contribution in [0.4, 0.5) is 11.4 Å². The molecule has 164 valence electrons. The Morgan fingerprint density at radius 3 is 2.36 bits per heavy atom. The summed E-state index contributed by atoms with van der Waals surface area (Å²) < 4.78 is 0. The minimum Gasteiger partial charge on any atom is -0.311 e. The van der Waals surface area contributed by atoms with Crippen LogP contribution in [0.3, 0.4) is 0 Å². The van der Waals surface area contributed by atoms with Crippen molar-refractivity contribution in [2.24, 2.45) is 16.8 Å². The van der Waals surface area contributed by atoms with Crippen molar-refractivity contribution in [1.29, 1.82) is 5.26 Å². The smallest absolute Gasteiger partial charge is 0.136 e. The van der Waals surface area contributed by atoms with E-state index < -0.39 is 0 Å². The van der Waals surface area contributed by atoms with Crippen molar-refractivity contribution in [3.63, 3.8) is 0 Å². The average molecular weight is 450 g/mol. The van der Waals surface area contributed by atoms with Gasteiger partial charge in [0, 0.05) is 34.0 Å². The van der Waals surface area contributed by atoms with Crippen molar-refractivity contribution >= 4 is 29.4 Å². The van der Waals surface area contributed by atoms with Gasteiger partial charge in [0.15, 0.2) is 0 Å². The summed E-state index contributed by atoms with van der Waals surface area (Å²) in [5, 5.41) is 9.10. The second kappa shape index (κ2) is 8.72. The maximum Gasteiger partial charge on any atom is 0.136 e. The van der Waals surface area contributed by atoms with Crippen LogP contribution < -0.4 is 4.90 Å². The predicted molar refractivity (Wildman–Crippen MR) is 136 cm³/mol. The molecule has 0 saturated carbocycles. The molecule has 0 aromatic heterocycles. The Hall–Kier alpha value is -3.03. The van der Waals surface area contributed by atoms with Gasteiger partial charge in [-0.15, -0.1) is 0 Å². The number of benzene rings is 2. The summed E-state index contributed by atoms with van der Waals surface area (Å²) in [6.07, 6.45) is 15.6. The molecule has 33 heavy (non-hydrogen) atoms. The Balaban J connectivity index is 1.31. The van der Waals surface area contributed by atoms with Gasteiger partial charge in [0.1, 0.15) is 6.04 Å². The van der Waals surface area contributed by atoms with Gasteiger partial charge in [-0.25, -0.2) is 0 Å².